The van der Waals surface area contributed by atoms with Crippen molar-refractivity contribution < 1.29 is 124 Å². The van der Waals surface area contributed by atoms with Crippen LogP contribution in [-0.4, -0.2) is 126 Å². The molecule has 0 spiro atoms. The number of alkyl halides is 12. The van der Waals surface area contributed by atoms with Gasteiger partial charge in [0.2, 0.25) is 0 Å². The number of cyclic esters (lactones) is 1. The molecule has 11 atom stereocenters. The normalized spacial score (nSPS) is 19.4. The van der Waals surface area contributed by atoms with Crippen LogP contribution in [0, 0.1) is 0 Å². The Bertz CT molecular complexity index is 3300. The van der Waals surface area contributed by atoms with Crippen molar-refractivity contribution in [2.75, 3.05) is 28.4 Å². The Morgan fingerprint density at radius 3 is 0.990 bits per heavy atom. The first-order valence-corrected chi connectivity index (χ1v) is 35.5. The van der Waals surface area contributed by atoms with E-state index in [1.165, 1.54) is 78.9 Å². The van der Waals surface area contributed by atoms with Crippen molar-refractivity contribution in [2.45, 2.75) is 264 Å². The summed E-state index contributed by atoms with van der Waals surface area (Å²) >= 11 is 0. The minimum atomic E-state index is -5.53. The standard InChI is InChI=1S/C77H96F12O15/c1-7-8-9-10-11-12-13-17-20-35-46-61(103-68(93)72(97-5,76(84,85)86)57-40-29-23-30-41-57)62-49-50-63(102-62)64(104-69(94)73(98-6,77(87,88)89)58-42-31-24-32-43-58)48-47-59(100-66(91)70(95-3,74(78,79)80)55-36-25-21-26-37-55)44-33-18-15-14-16-19-34-45-60(52-54-51-53(2)99-65(54)90)101-67(92)71(96-4,75(81,82)83)56-38-27-22-28-39-56/h21-32,36-43,51,53,59-64H,7-20,33-35,44-50,52H2,1-6H3/t53-,59-,60+,61-,62+,63+,64+,70+,71+,72+,73+/m0/s1. The van der Waals surface area contributed by atoms with Gasteiger partial charge in [0.05, 0.1) is 12.2 Å². The van der Waals surface area contributed by atoms with E-state index in [-0.39, 0.29) is 56.9 Å². The third kappa shape index (κ3) is 21.2. The molecule has 27 heteroatoms. The number of unbranched alkanes of at least 4 members (excludes halogenated alkanes) is 15. The molecule has 0 unspecified atom stereocenters. The zero-order chi connectivity index (χ0) is 76.4. The summed E-state index contributed by atoms with van der Waals surface area (Å²) in [5.74, 6) is -8.24. The Morgan fingerprint density at radius 2 is 0.683 bits per heavy atom. The second kappa shape index (κ2) is 39.5. The average molecular weight is 1490 g/mol. The van der Waals surface area contributed by atoms with E-state index in [0.29, 0.717) is 66.3 Å². The minimum absolute atomic E-state index is 0.00500. The molecule has 0 bridgehead atoms. The molecule has 2 aliphatic rings. The summed E-state index contributed by atoms with van der Waals surface area (Å²) in [6, 6.07) is 23.8. The van der Waals surface area contributed by atoms with E-state index < -0.39 is 155 Å². The molecule has 578 valence electrons. The van der Waals surface area contributed by atoms with E-state index in [4.69, 9.17) is 47.4 Å². The maximum Gasteiger partial charge on any atom is 0.432 e. The van der Waals surface area contributed by atoms with E-state index in [2.05, 4.69) is 6.92 Å². The summed E-state index contributed by atoms with van der Waals surface area (Å²) in [4.78, 5) is 69.8. The van der Waals surface area contributed by atoms with Crippen LogP contribution in [0.5, 0.6) is 0 Å². The lowest BCUT2D eigenvalue weighted by Gasteiger charge is -2.36. The Kier molecular flexibility index (Phi) is 32.6. The Hall–Kier alpha value is -7.07. The second-order valence-corrected chi connectivity index (χ2v) is 26.3. The molecular formula is C77H96F12O15. The molecule has 0 amide bonds. The first-order chi connectivity index (χ1) is 49.4. The predicted octanol–water partition coefficient (Wildman–Crippen LogP) is 18.5. The number of benzene rings is 4. The maximum absolute atomic E-state index is 15.6. The van der Waals surface area contributed by atoms with Gasteiger partial charge in [0.15, 0.2) is 0 Å². The molecule has 4 aromatic carbocycles. The van der Waals surface area contributed by atoms with Crippen molar-refractivity contribution in [1.29, 1.82) is 0 Å². The maximum atomic E-state index is 15.6. The van der Waals surface area contributed by atoms with Gasteiger partial charge in [-0.15, -0.1) is 0 Å². The van der Waals surface area contributed by atoms with E-state index in [1.54, 1.807) is 6.92 Å². The zero-order valence-electron chi connectivity index (χ0n) is 59.5. The molecule has 15 nitrogen and oxygen atoms in total. The zero-order valence-corrected chi connectivity index (χ0v) is 59.5. The van der Waals surface area contributed by atoms with Crippen molar-refractivity contribution in [1.82, 2.24) is 0 Å². The summed E-state index contributed by atoms with van der Waals surface area (Å²) in [5, 5.41) is 0. The summed E-state index contributed by atoms with van der Waals surface area (Å²) in [7, 11) is 2.70. The van der Waals surface area contributed by atoms with Crippen LogP contribution >= 0.6 is 0 Å². The topological polar surface area (TPSA) is 178 Å². The fourth-order valence-corrected chi connectivity index (χ4v) is 13.6. The lowest BCUT2D eigenvalue weighted by Crippen LogP contribution is -2.54. The van der Waals surface area contributed by atoms with Crippen molar-refractivity contribution in [3.63, 3.8) is 0 Å². The van der Waals surface area contributed by atoms with E-state index in [0.717, 1.165) is 107 Å². The second-order valence-electron chi connectivity index (χ2n) is 26.3. The van der Waals surface area contributed by atoms with Crippen LogP contribution in [0.3, 0.4) is 0 Å². The molecular weight excluding hydrogens is 1390 g/mol. The number of carbonyl (C=O) groups is 5. The van der Waals surface area contributed by atoms with Gasteiger partial charge in [-0.1, -0.05) is 218 Å². The Morgan fingerprint density at radius 1 is 0.394 bits per heavy atom. The van der Waals surface area contributed by atoms with Gasteiger partial charge in [-0.2, -0.15) is 52.7 Å². The molecule has 0 saturated carbocycles. The SMILES string of the molecule is CCCCCCCCCCCC[C@H](OC(=O)[C@](OC)(c1ccccc1)C(F)(F)F)[C@H]1CC[C@H]([C@@H](CC[C@H](CCCCCCCCC[C@H](CC2=C[C@H](C)OC2=O)OC(=O)[C@](OC)(c2ccccc2)C(F)(F)F)OC(=O)[C@](OC)(c2ccccc2)C(F)(F)F)OC(=O)[C@](OC)(c2ccccc2)C(F)(F)F)O1. The first-order valence-electron chi connectivity index (χ1n) is 35.5. The van der Waals surface area contributed by atoms with Crippen molar-refractivity contribution in [3.05, 3.63) is 155 Å². The van der Waals surface area contributed by atoms with Gasteiger partial charge in [0, 0.05) is 62.7 Å². The van der Waals surface area contributed by atoms with Crippen LogP contribution in [0.4, 0.5) is 52.7 Å². The highest BCUT2D eigenvalue weighted by atomic mass is 19.4. The van der Waals surface area contributed by atoms with Crippen LogP contribution < -0.4 is 0 Å². The molecule has 2 aliphatic heterocycles. The number of rotatable bonds is 44. The molecule has 4 aromatic rings. The molecule has 0 aromatic heterocycles. The molecule has 104 heavy (non-hydrogen) atoms. The Labute approximate surface area is 599 Å². The smallest absolute Gasteiger partial charge is 0.432 e. The van der Waals surface area contributed by atoms with Crippen LogP contribution in [-0.2, 0) is 93.7 Å². The molecule has 2 heterocycles. The van der Waals surface area contributed by atoms with Gasteiger partial charge < -0.3 is 47.4 Å². The molecule has 0 aliphatic carbocycles. The molecule has 0 radical (unpaired) electrons. The van der Waals surface area contributed by atoms with Gasteiger partial charge in [-0.25, -0.2) is 24.0 Å². The predicted molar refractivity (Wildman–Crippen MR) is 358 cm³/mol. The number of ether oxygens (including phenoxy) is 10. The number of halogens is 12. The summed E-state index contributed by atoms with van der Waals surface area (Å²) < 4.78 is 239. The van der Waals surface area contributed by atoms with Gasteiger partial charge >= 0.3 is 54.6 Å². The third-order valence-electron chi connectivity index (χ3n) is 19.3. The van der Waals surface area contributed by atoms with Crippen LogP contribution in [0.2, 0.25) is 0 Å². The molecule has 1 fully saturated rings. The summed E-state index contributed by atoms with van der Waals surface area (Å²) in [5.41, 5.74) is -17.1. The largest absolute Gasteiger partial charge is 0.460 e. The lowest BCUT2D eigenvalue weighted by atomic mass is 9.92. The average Bonchev–Trinajstić information content (AvgIpc) is 0.805. The number of carbonyl (C=O) groups excluding carboxylic acids is 5. The first kappa shape index (κ1) is 85.9. The van der Waals surface area contributed by atoms with Gasteiger partial charge in [0.25, 0.3) is 22.4 Å². The number of hydrogen-bond donors (Lipinski definition) is 0. The molecule has 1 saturated heterocycles. The van der Waals surface area contributed by atoms with Crippen LogP contribution in [0.1, 0.15) is 197 Å². The van der Waals surface area contributed by atoms with Crippen LogP contribution in [0.25, 0.3) is 0 Å². The molecule has 0 N–H and O–H groups in total. The third-order valence-corrected chi connectivity index (χ3v) is 19.3. The van der Waals surface area contributed by atoms with Crippen LogP contribution in [0.15, 0.2) is 133 Å². The van der Waals surface area contributed by atoms with Crippen molar-refractivity contribution >= 4 is 29.8 Å². The number of hydrogen-bond acceptors (Lipinski definition) is 15. The van der Waals surface area contributed by atoms with Gasteiger partial charge in [-0.05, 0) is 77.2 Å². The van der Waals surface area contributed by atoms with Crippen molar-refractivity contribution in [3.8, 4) is 0 Å². The van der Waals surface area contributed by atoms with E-state index in [1.807, 2.05) is 0 Å². The molecule has 6 rings (SSSR count). The van der Waals surface area contributed by atoms with Gasteiger partial charge in [0.1, 0.15) is 30.5 Å². The number of methoxy groups -OCH3 is 4. The Balaban J connectivity index is 1.27. The van der Waals surface area contributed by atoms with E-state index in [9.17, 15) is 37.1 Å². The number of esters is 5. The fraction of sp³-hybridized carbons (Fsp3) is 0.597. The quantitative estimate of drug-likeness (QED) is 0.0177. The summed E-state index contributed by atoms with van der Waals surface area (Å²) in [6.07, 6.45) is -20.3. The summed E-state index contributed by atoms with van der Waals surface area (Å²) in [6.45, 7) is 3.69. The fourth-order valence-electron chi connectivity index (χ4n) is 13.6. The van der Waals surface area contributed by atoms with Crippen molar-refractivity contribution in [2.24, 2.45) is 0 Å². The monoisotopic (exact) mass is 1490 g/mol. The highest BCUT2D eigenvalue weighted by Crippen LogP contribution is 2.49. The lowest BCUT2D eigenvalue weighted by molar-refractivity contribution is -0.282. The van der Waals surface area contributed by atoms with E-state index >= 15 is 39.5 Å². The minimum Gasteiger partial charge on any atom is -0.460 e. The highest BCUT2D eigenvalue weighted by Gasteiger charge is 2.68. The highest BCUT2D eigenvalue weighted by molar-refractivity contribution is 5.91. The van der Waals surface area contributed by atoms with Gasteiger partial charge in [-0.3, -0.25) is 0 Å².